The summed E-state index contributed by atoms with van der Waals surface area (Å²) in [6, 6.07) is 13.5. The number of hydrogen-bond donors (Lipinski definition) is 0. The second kappa shape index (κ2) is 7.11. The van der Waals surface area contributed by atoms with Crippen molar-refractivity contribution in [1.82, 2.24) is 4.90 Å². The largest absolute Gasteiger partial charge is 0.370 e. The van der Waals surface area contributed by atoms with E-state index in [9.17, 15) is 9.18 Å². The predicted molar refractivity (Wildman–Crippen MR) is 86.8 cm³/mol. The van der Waals surface area contributed by atoms with Gasteiger partial charge in [-0.15, -0.1) is 0 Å². The van der Waals surface area contributed by atoms with E-state index in [1.165, 1.54) is 12.1 Å². The fourth-order valence-corrected chi connectivity index (χ4v) is 2.87. The second-order valence-corrected chi connectivity index (χ2v) is 5.99. The normalized spacial score (nSPS) is 18.0. The van der Waals surface area contributed by atoms with E-state index in [1.54, 1.807) is 17.0 Å². The number of carbonyl (C=O) groups excluding carboxylic acids is 1. The zero-order valence-corrected chi connectivity index (χ0v) is 13.3. The Morgan fingerprint density at radius 2 is 2.04 bits per heavy atom. The molecule has 120 valence electrons. The van der Waals surface area contributed by atoms with Gasteiger partial charge in [0, 0.05) is 11.6 Å². The summed E-state index contributed by atoms with van der Waals surface area (Å²) in [4.78, 5) is 14.2. The van der Waals surface area contributed by atoms with Crippen LogP contribution < -0.4 is 0 Å². The van der Waals surface area contributed by atoms with Gasteiger partial charge in [-0.05, 0) is 35.4 Å². The van der Waals surface area contributed by atoms with E-state index in [-0.39, 0.29) is 24.2 Å². The van der Waals surface area contributed by atoms with Crippen LogP contribution in [0.25, 0.3) is 0 Å². The summed E-state index contributed by atoms with van der Waals surface area (Å²) in [5.41, 5.74) is 1.78. The lowest BCUT2D eigenvalue weighted by Crippen LogP contribution is -2.43. The molecule has 2 aromatic rings. The number of nitrogens with zero attached hydrogens (tertiary/aromatic N) is 1. The van der Waals surface area contributed by atoms with Gasteiger partial charge in [0.05, 0.1) is 19.6 Å². The van der Waals surface area contributed by atoms with E-state index in [0.717, 1.165) is 11.1 Å². The average molecular weight is 334 g/mol. The van der Waals surface area contributed by atoms with Gasteiger partial charge in [0.15, 0.2) is 0 Å². The lowest BCUT2D eigenvalue weighted by atomic mass is 10.1. The number of benzene rings is 2. The van der Waals surface area contributed by atoms with Crippen molar-refractivity contribution in [2.75, 3.05) is 19.7 Å². The van der Waals surface area contributed by atoms with Gasteiger partial charge in [-0.2, -0.15) is 0 Å². The highest BCUT2D eigenvalue weighted by Gasteiger charge is 2.25. The van der Waals surface area contributed by atoms with Gasteiger partial charge in [0.1, 0.15) is 11.9 Å². The van der Waals surface area contributed by atoms with Crippen molar-refractivity contribution in [3.05, 3.63) is 70.5 Å². The van der Waals surface area contributed by atoms with E-state index >= 15 is 0 Å². The first-order chi connectivity index (χ1) is 11.1. The van der Waals surface area contributed by atoms with E-state index in [4.69, 9.17) is 16.3 Å². The maximum Gasteiger partial charge on any atom is 0.227 e. The second-order valence-electron chi connectivity index (χ2n) is 5.56. The summed E-state index contributed by atoms with van der Waals surface area (Å²) in [5.74, 6) is -0.277. The van der Waals surface area contributed by atoms with E-state index in [0.29, 0.717) is 24.7 Å². The van der Waals surface area contributed by atoms with Gasteiger partial charge in [-0.25, -0.2) is 4.39 Å². The summed E-state index contributed by atoms with van der Waals surface area (Å²) in [7, 11) is 0. The lowest BCUT2D eigenvalue weighted by molar-refractivity contribution is -0.138. The van der Waals surface area contributed by atoms with Crippen molar-refractivity contribution in [2.24, 2.45) is 0 Å². The maximum atomic E-state index is 12.9. The fraction of sp³-hybridized carbons (Fsp3) is 0.278. The molecule has 0 saturated carbocycles. The molecule has 0 N–H and O–H groups in total. The van der Waals surface area contributed by atoms with Gasteiger partial charge >= 0.3 is 0 Å². The number of halogens is 2. The number of rotatable bonds is 3. The molecule has 3 rings (SSSR count). The number of morpholine rings is 1. The van der Waals surface area contributed by atoms with Gasteiger partial charge in [0.25, 0.3) is 0 Å². The van der Waals surface area contributed by atoms with Gasteiger partial charge in [0.2, 0.25) is 5.91 Å². The monoisotopic (exact) mass is 333 g/mol. The Morgan fingerprint density at radius 3 is 2.78 bits per heavy atom. The Bertz CT molecular complexity index is 690. The molecule has 0 radical (unpaired) electrons. The van der Waals surface area contributed by atoms with Crippen molar-refractivity contribution >= 4 is 17.5 Å². The van der Waals surface area contributed by atoms with Gasteiger partial charge in [-0.1, -0.05) is 35.9 Å². The zero-order valence-electron chi connectivity index (χ0n) is 12.5. The molecule has 5 heteroatoms. The van der Waals surface area contributed by atoms with Crippen LogP contribution in [0.2, 0.25) is 5.02 Å². The Balaban J connectivity index is 1.65. The average Bonchev–Trinajstić information content (AvgIpc) is 2.57. The standard InChI is InChI=1S/C18H17ClFNO2/c19-15-3-1-2-14(11-15)17-12-21(8-9-23-17)18(22)10-13-4-6-16(20)7-5-13/h1-7,11,17H,8-10,12H2. The molecule has 1 amide bonds. The van der Waals surface area contributed by atoms with E-state index < -0.39 is 0 Å². The molecule has 3 nitrogen and oxygen atoms in total. The molecule has 1 heterocycles. The van der Waals surface area contributed by atoms with Crippen molar-refractivity contribution < 1.29 is 13.9 Å². The Morgan fingerprint density at radius 1 is 1.26 bits per heavy atom. The van der Waals surface area contributed by atoms with Crippen LogP contribution in [0.15, 0.2) is 48.5 Å². The highest BCUT2D eigenvalue weighted by atomic mass is 35.5. The summed E-state index contributed by atoms with van der Waals surface area (Å²) >= 11 is 6.02. The van der Waals surface area contributed by atoms with Crippen LogP contribution in [0.5, 0.6) is 0 Å². The molecule has 1 fully saturated rings. The third-order valence-corrected chi connectivity index (χ3v) is 4.14. The van der Waals surface area contributed by atoms with Crippen LogP contribution in [-0.4, -0.2) is 30.5 Å². The van der Waals surface area contributed by atoms with Gasteiger partial charge < -0.3 is 9.64 Å². The summed E-state index contributed by atoms with van der Waals surface area (Å²) in [6.07, 6.45) is 0.0994. The quantitative estimate of drug-likeness (QED) is 0.858. The molecule has 0 aromatic heterocycles. The number of amides is 1. The summed E-state index contributed by atoms with van der Waals surface area (Å²) in [6.45, 7) is 1.56. The molecule has 0 bridgehead atoms. The van der Waals surface area contributed by atoms with Crippen LogP contribution in [0.4, 0.5) is 4.39 Å². The molecule has 0 aliphatic carbocycles. The Hall–Kier alpha value is -1.91. The first kappa shape index (κ1) is 16.0. The molecule has 0 spiro atoms. The van der Waals surface area contributed by atoms with Crippen LogP contribution in [0.1, 0.15) is 17.2 Å². The molecular weight excluding hydrogens is 317 g/mol. The fourth-order valence-electron chi connectivity index (χ4n) is 2.67. The molecule has 23 heavy (non-hydrogen) atoms. The minimum absolute atomic E-state index is 0.0203. The summed E-state index contributed by atoms with van der Waals surface area (Å²) in [5, 5.41) is 0.654. The zero-order chi connectivity index (χ0) is 16.2. The smallest absolute Gasteiger partial charge is 0.227 e. The molecule has 2 aromatic carbocycles. The number of hydrogen-bond acceptors (Lipinski definition) is 2. The van der Waals surface area contributed by atoms with Crippen molar-refractivity contribution in [1.29, 1.82) is 0 Å². The maximum absolute atomic E-state index is 12.9. The molecule has 1 aliphatic heterocycles. The minimum atomic E-state index is -0.298. The van der Waals surface area contributed by atoms with Crippen molar-refractivity contribution in [3.63, 3.8) is 0 Å². The first-order valence-corrected chi connectivity index (χ1v) is 7.89. The van der Waals surface area contributed by atoms with E-state index in [2.05, 4.69) is 0 Å². The minimum Gasteiger partial charge on any atom is -0.370 e. The number of ether oxygens (including phenoxy) is 1. The third-order valence-electron chi connectivity index (χ3n) is 3.91. The first-order valence-electron chi connectivity index (χ1n) is 7.51. The summed E-state index contributed by atoms with van der Waals surface area (Å²) < 4.78 is 18.7. The van der Waals surface area contributed by atoms with Crippen molar-refractivity contribution in [3.8, 4) is 0 Å². The SMILES string of the molecule is O=C(Cc1ccc(F)cc1)N1CCOC(c2cccc(Cl)c2)C1. The molecule has 1 saturated heterocycles. The van der Waals surface area contributed by atoms with Crippen LogP contribution in [-0.2, 0) is 16.0 Å². The van der Waals surface area contributed by atoms with Crippen molar-refractivity contribution in [2.45, 2.75) is 12.5 Å². The van der Waals surface area contributed by atoms with Crippen LogP contribution >= 0.6 is 11.6 Å². The third kappa shape index (κ3) is 4.09. The number of carbonyl (C=O) groups is 1. The van der Waals surface area contributed by atoms with E-state index in [1.807, 2.05) is 24.3 Å². The Labute approximate surface area is 139 Å². The lowest BCUT2D eigenvalue weighted by Gasteiger charge is -2.33. The molecule has 1 aliphatic rings. The highest BCUT2D eigenvalue weighted by molar-refractivity contribution is 6.30. The van der Waals surface area contributed by atoms with Crippen LogP contribution in [0.3, 0.4) is 0 Å². The molecule has 1 unspecified atom stereocenters. The topological polar surface area (TPSA) is 29.5 Å². The van der Waals surface area contributed by atoms with Crippen LogP contribution in [0, 0.1) is 5.82 Å². The Kier molecular flexibility index (Phi) is 4.94. The highest BCUT2D eigenvalue weighted by Crippen LogP contribution is 2.25. The predicted octanol–water partition coefficient (Wildman–Crippen LogP) is 3.62. The van der Waals surface area contributed by atoms with Gasteiger partial charge in [-0.3, -0.25) is 4.79 Å². The molecule has 1 atom stereocenters. The molecular formula is C18H17ClFNO2.